The number of allylic oxidation sites excluding steroid dienone is 1. The van der Waals surface area contributed by atoms with Gasteiger partial charge in [-0.05, 0) is 0 Å². The van der Waals surface area contributed by atoms with E-state index in [1.807, 2.05) is 0 Å². The van der Waals surface area contributed by atoms with Crippen molar-refractivity contribution in [1.29, 1.82) is 0 Å². The summed E-state index contributed by atoms with van der Waals surface area (Å²) in [5.41, 5.74) is 0. The smallest absolute Gasteiger partial charge is 0.417 e. The lowest BCUT2D eigenvalue weighted by Crippen LogP contribution is -2.59. The monoisotopic (exact) mass is 256 g/mol. The van der Waals surface area contributed by atoms with E-state index in [4.69, 9.17) is 0 Å². The fourth-order valence-electron chi connectivity index (χ4n) is 0.826. The molecule has 92 valence electrons. The summed E-state index contributed by atoms with van der Waals surface area (Å²) in [6.07, 6.45) is -6.26. The molecular formula is C6F8O2. The van der Waals surface area contributed by atoms with Gasteiger partial charge >= 0.3 is 24.0 Å². The molecule has 1 rings (SSSR count). The van der Waals surface area contributed by atoms with Crippen LogP contribution in [0.4, 0.5) is 35.1 Å². The molecule has 0 radical (unpaired) electrons. The molecule has 0 aliphatic carbocycles. The number of carbonyl (C=O) groups is 1. The molecule has 1 aliphatic heterocycles. The summed E-state index contributed by atoms with van der Waals surface area (Å²) in [5.74, 6) is -17.9. The number of halogens is 8. The summed E-state index contributed by atoms with van der Waals surface area (Å²) < 4.78 is 100. The molecule has 1 unspecified atom stereocenters. The summed E-state index contributed by atoms with van der Waals surface area (Å²) in [6, 6.07) is -3.12. The molecule has 1 heterocycles. The Balaban J connectivity index is 3.39. The highest BCUT2D eigenvalue weighted by molar-refractivity contribution is 5.96. The van der Waals surface area contributed by atoms with Gasteiger partial charge in [0.05, 0.1) is 0 Å². The van der Waals surface area contributed by atoms with Crippen LogP contribution in [0.2, 0.25) is 0 Å². The molecule has 0 bridgehead atoms. The third-order valence-electron chi connectivity index (χ3n) is 1.62. The first kappa shape index (κ1) is 12.7. The second kappa shape index (κ2) is 3.08. The van der Waals surface area contributed by atoms with Crippen molar-refractivity contribution < 1.29 is 44.7 Å². The lowest BCUT2D eigenvalue weighted by atomic mass is 10.0. The van der Waals surface area contributed by atoms with Gasteiger partial charge < -0.3 is 4.74 Å². The van der Waals surface area contributed by atoms with Gasteiger partial charge in [-0.3, -0.25) is 4.79 Å². The predicted octanol–water partition coefficient (Wildman–Crippen LogP) is 2.56. The van der Waals surface area contributed by atoms with Crippen LogP contribution in [0.3, 0.4) is 0 Å². The number of ketones is 1. The van der Waals surface area contributed by atoms with Crippen molar-refractivity contribution in [3.05, 3.63) is 11.8 Å². The van der Waals surface area contributed by atoms with E-state index in [1.54, 1.807) is 0 Å². The first-order chi connectivity index (χ1) is 6.94. The Labute approximate surface area is 81.5 Å². The topological polar surface area (TPSA) is 26.3 Å². The van der Waals surface area contributed by atoms with Crippen LogP contribution >= 0.6 is 0 Å². The van der Waals surface area contributed by atoms with Crippen LogP contribution in [-0.4, -0.2) is 23.7 Å². The predicted molar refractivity (Wildman–Crippen MR) is 30.2 cm³/mol. The number of hydrogen-bond donors (Lipinski definition) is 0. The number of rotatable bonds is 0. The van der Waals surface area contributed by atoms with Gasteiger partial charge in [-0.15, -0.1) is 0 Å². The van der Waals surface area contributed by atoms with E-state index in [0.29, 0.717) is 0 Å². The summed E-state index contributed by atoms with van der Waals surface area (Å²) >= 11 is 0. The Bertz CT molecular complexity index is 369. The molecule has 0 amide bonds. The lowest BCUT2D eigenvalue weighted by Gasteiger charge is -2.32. The Morgan fingerprint density at radius 2 is 1.50 bits per heavy atom. The zero-order valence-electron chi connectivity index (χ0n) is 6.84. The maximum atomic E-state index is 12.8. The van der Waals surface area contributed by atoms with Crippen molar-refractivity contribution in [3.8, 4) is 0 Å². The van der Waals surface area contributed by atoms with Crippen LogP contribution in [0, 0.1) is 0 Å². The molecule has 0 aromatic heterocycles. The fraction of sp³-hybridized carbons (Fsp3) is 0.500. The molecule has 0 saturated carbocycles. The minimum atomic E-state index is -6.26. The highest BCUT2D eigenvalue weighted by Crippen LogP contribution is 2.48. The van der Waals surface area contributed by atoms with Crippen molar-refractivity contribution in [2.24, 2.45) is 0 Å². The van der Waals surface area contributed by atoms with Crippen LogP contribution in [0.5, 0.6) is 0 Å². The molecule has 0 aromatic rings. The second-order valence-electron chi connectivity index (χ2n) is 2.69. The Hall–Kier alpha value is -1.35. The molecule has 1 aliphatic rings. The van der Waals surface area contributed by atoms with Crippen molar-refractivity contribution in [2.45, 2.75) is 18.0 Å². The van der Waals surface area contributed by atoms with Gasteiger partial charge in [0.1, 0.15) is 0 Å². The maximum absolute atomic E-state index is 12.8. The summed E-state index contributed by atoms with van der Waals surface area (Å²) in [5, 5.41) is 0. The van der Waals surface area contributed by atoms with Crippen molar-refractivity contribution >= 4 is 5.78 Å². The van der Waals surface area contributed by atoms with E-state index in [-0.39, 0.29) is 0 Å². The van der Waals surface area contributed by atoms with E-state index in [0.717, 1.165) is 0 Å². The van der Waals surface area contributed by atoms with Crippen molar-refractivity contribution in [1.82, 2.24) is 0 Å². The standard InChI is InChI=1S/C6F8O2/c7-1-2(8)16-5(11,6(12,13)14)3(15)4(1,9)10. The largest absolute Gasteiger partial charge is 0.468 e. The summed E-state index contributed by atoms with van der Waals surface area (Å²) in [6.45, 7) is 0. The van der Waals surface area contributed by atoms with Crippen molar-refractivity contribution in [2.75, 3.05) is 0 Å². The van der Waals surface area contributed by atoms with Crippen LogP contribution in [0.15, 0.2) is 11.8 Å². The Kier molecular flexibility index (Phi) is 2.44. The van der Waals surface area contributed by atoms with Gasteiger partial charge in [0.25, 0.3) is 5.78 Å². The molecule has 0 aromatic carbocycles. The fourth-order valence-corrected chi connectivity index (χ4v) is 0.826. The average molecular weight is 256 g/mol. The zero-order chi connectivity index (χ0) is 12.9. The summed E-state index contributed by atoms with van der Waals surface area (Å²) in [4.78, 5) is 10.4. The lowest BCUT2D eigenvalue weighted by molar-refractivity contribution is -0.321. The van der Waals surface area contributed by atoms with Crippen molar-refractivity contribution in [3.63, 3.8) is 0 Å². The SMILES string of the molecule is O=C1C(F)(F)C(F)=C(F)OC1(F)C(F)(F)F. The molecule has 0 saturated heterocycles. The molecule has 0 fully saturated rings. The van der Waals surface area contributed by atoms with Crippen LogP contribution in [0.1, 0.15) is 0 Å². The third-order valence-corrected chi connectivity index (χ3v) is 1.62. The van der Waals surface area contributed by atoms with E-state index in [2.05, 4.69) is 4.74 Å². The van der Waals surface area contributed by atoms with E-state index in [9.17, 15) is 39.9 Å². The zero-order valence-corrected chi connectivity index (χ0v) is 6.84. The molecule has 0 spiro atoms. The van der Waals surface area contributed by atoms with Gasteiger partial charge in [-0.2, -0.15) is 35.1 Å². The normalized spacial score (nSPS) is 30.4. The number of hydrogen-bond acceptors (Lipinski definition) is 2. The van der Waals surface area contributed by atoms with Crippen LogP contribution < -0.4 is 0 Å². The maximum Gasteiger partial charge on any atom is 0.468 e. The quantitative estimate of drug-likeness (QED) is 0.622. The van der Waals surface area contributed by atoms with Gasteiger partial charge in [0.2, 0.25) is 5.83 Å². The molecule has 1 atom stereocenters. The average Bonchev–Trinajstić information content (AvgIpc) is 2.11. The number of carbonyl (C=O) groups excluding carboxylic acids is 1. The number of ether oxygens (including phenoxy) is 1. The van der Waals surface area contributed by atoms with E-state index >= 15 is 0 Å². The highest BCUT2D eigenvalue weighted by Gasteiger charge is 2.75. The number of alkyl halides is 6. The second-order valence-corrected chi connectivity index (χ2v) is 2.69. The molecule has 2 nitrogen and oxygen atoms in total. The highest BCUT2D eigenvalue weighted by atomic mass is 19.4. The van der Waals surface area contributed by atoms with E-state index in [1.165, 1.54) is 0 Å². The molecule has 16 heavy (non-hydrogen) atoms. The third kappa shape index (κ3) is 1.43. The van der Waals surface area contributed by atoms with Gasteiger partial charge in [-0.25, -0.2) is 0 Å². The first-order valence-electron chi connectivity index (χ1n) is 3.37. The minimum absolute atomic E-state index is 2.62. The molecular weight excluding hydrogens is 256 g/mol. The first-order valence-corrected chi connectivity index (χ1v) is 3.37. The van der Waals surface area contributed by atoms with Gasteiger partial charge in [0.15, 0.2) is 0 Å². The molecule has 0 N–H and O–H groups in total. The van der Waals surface area contributed by atoms with Gasteiger partial charge in [-0.1, -0.05) is 0 Å². The van der Waals surface area contributed by atoms with Crippen LogP contribution in [-0.2, 0) is 9.53 Å². The van der Waals surface area contributed by atoms with E-state index < -0.39 is 35.6 Å². The Morgan fingerprint density at radius 3 is 1.88 bits per heavy atom. The van der Waals surface area contributed by atoms with Crippen LogP contribution in [0.25, 0.3) is 0 Å². The minimum Gasteiger partial charge on any atom is -0.417 e. The molecule has 10 heteroatoms. The number of Topliss-reactive ketones (excluding diaryl/α,β-unsaturated/α-hetero) is 1. The van der Waals surface area contributed by atoms with Gasteiger partial charge in [0, 0.05) is 0 Å². The Morgan fingerprint density at radius 1 is 1.06 bits per heavy atom. The summed E-state index contributed by atoms with van der Waals surface area (Å²) in [7, 11) is 0.